The third-order valence-corrected chi connectivity index (χ3v) is 2.91. The van der Waals surface area contributed by atoms with Crippen molar-refractivity contribution < 1.29 is 4.74 Å². The first-order valence-corrected chi connectivity index (χ1v) is 6.92. The van der Waals surface area contributed by atoms with Gasteiger partial charge in [-0.2, -0.15) is 0 Å². The predicted octanol–water partition coefficient (Wildman–Crippen LogP) is 4.80. The fraction of sp³-hybridized carbons (Fsp3) is 1.00. The topological polar surface area (TPSA) is 9.23 Å². The highest BCUT2D eigenvalue weighted by molar-refractivity contribution is 4.58. The van der Waals surface area contributed by atoms with Gasteiger partial charge in [0.1, 0.15) is 0 Å². The van der Waals surface area contributed by atoms with Crippen molar-refractivity contribution in [2.24, 2.45) is 5.92 Å². The highest BCUT2D eigenvalue weighted by atomic mass is 16.5. The van der Waals surface area contributed by atoms with E-state index in [1.807, 2.05) is 0 Å². The Labute approximate surface area is 96.6 Å². The molecule has 1 atom stereocenters. The zero-order chi connectivity index (χ0) is 11.4. The molecule has 0 aliphatic heterocycles. The molecule has 92 valence electrons. The molecule has 0 aromatic heterocycles. The van der Waals surface area contributed by atoms with Gasteiger partial charge in [0.05, 0.1) is 0 Å². The number of ether oxygens (including phenoxy) is 1. The highest BCUT2D eigenvalue weighted by Gasteiger charge is 2.07. The lowest BCUT2D eigenvalue weighted by atomic mass is 9.97. The molecule has 15 heavy (non-hydrogen) atoms. The minimum atomic E-state index is 0.818. The summed E-state index contributed by atoms with van der Waals surface area (Å²) in [5.74, 6) is 0.818. The summed E-state index contributed by atoms with van der Waals surface area (Å²) in [5, 5.41) is 0. The van der Waals surface area contributed by atoms with Gasteiger partial charge in [-0.25, -0.2) is 0 Å². The fourth-order valence-corrected chi connectivity index (χ4v) is 1.90. The number of rotatable bonds is 11. The lowest BCUT2D eigenvalue weighted by Crippen LogP contribution is -2.10. The molecule has 0 radical (unpaired) electrons. The Morgan fingerprint density at radius 1 is 0.800 bits per heavy atom. The first kappa shape index (κ1) is 15.0. The molecule has 0 rings (SSSR count). The Kier molecular flexibility index (Phi) is 12.0. The van der Waals surface area contributed by atoms with Crippen molar-refractivity contribution in [2.75, 3.05) is 13.2 Å². The summed E-state index contributed by atoms with van der Waals surface area (Å²) >= 11 is 0. The van der Waals surface area contributed by atoms with Crippen LogP contribution in [0.3, 0.4) is 0 Å². The normalized spacial score (nSPS) is 13.0. The van der Waals surface area contributed by atoms with Gasteiger partial charge in [0.2, 0.25) is 0 Å². The molecule has 0 aromatic rings. The third-order valence-electron chi connectivity index (χ3n) is 2.91. The minimum Gasteiger partial charge on any atom is -0.381 e. The van der Waals surface area contributed by atoms with Crippen molar-refractivity contribution in [3.63, 3.8) is 0 Å². The van der Waals surface area contributed by atoms with E-state index in [1.165, 1.54) is 51.4 Å². The Bertz CT molecular complexity index is 112. The van der Waals surface area contributed by atoms with Crippen LogP contribution in [0.5, 0.6) is 0 Å². The van der Waals surface area contributed by atoms with Crippen LogP contribution in [0.2, 0.25) is 0 Å². The first-order valence-electron chi connectivity index (χ1n) is 6.92. The highest BCUT2D eigenvalue weighted by Crippen LogP contribution is 2.16. The van der Waals surface area contributed by atoms with E-state index in [9.17, 15) is 0 Å². The van der Waals surface area contributed by atoms with Gasteiger partial charge < -0.3 is 4.74 Å². The van der Waals surface area contributed by atoms with Crippen LogP contribution in [0.25, 0.3) is 0 Å². The lowest BCUT2D eigenvalue weighted by Gasteiger charge is -2.16. The van der Waals surface area contributed by atoms with Gasteiger partial charge >= 0.3 is 0 Å². The van der Waals surface area contributed by atoms with Gasteiger partial charge in [-0.15, -0.1) is 0 Å². The van der Waals surface area contributed by atoms with Crippen molar-refractivity contribution in [3.8, 4) is 0 Å². The number of hydrogen-bond acceptors (Lipinski definition) is 1. The van der Waals surface area contributed by atoms with E-state index in [4.69, 9.17) is 4.74 Å². The maximum absolute atomic E-state index is 5.72. The third kappa shape index (κ3) is 10.2. The Morgan fingerprint density at radius 2 is 1.53 bits per heavy atom. The van der Waals surface area contributed by atoms with Crippen LogP contribution < -0.4 is 0 Å². The van der Waals surface area contributed by atoms with Crippen LogP contribution in [0.15, 0.2) is 0 Å². The van der Waals surface area contributed by atoms with Crippen LogP contribution in [-0.2, 0) is 4.74 Å². The molecular formula is C14H30O. The standard InChI is InChI=1S/C14H30O/c1-4-7-9-11-14(10-6-3)13-15-12-8-5-2/h14H,4-13H2,1-3H3. The second-order valence-electron chi connectivity index (χ2n) is 4.58. The van der Waals surface area contributed by atoms with Gasteiger partial charge in [0, 0.05) is 13.2 Å². The van der Waals surface area contributed by atoms with Crippen molar-refractivity contribution >= 4 is 0 Å². The Balaban J connectivity index is 3.44. The maximum atomic E-state index is 5.72. The smallest absolute Gasteiger partial charge is 0.0494 e. The molecule has 0 aliphatic carbocycles. The summed E-state index contributed by atoms with van der Waals surface area (Å²) in [6, 6.07) is 0. The van der Waals surface area contributed by atoms with E-state index in [0.717, 1.165) is 19.1 Å². The molecule has 0 saturated carbocycles. The molecule has 0 amide bonds. The quantitative estimate of drug-likeness (QED) is 0.449. The zero-order valence-electron chi connectivity index (χ0n) is 11.1. The molecule has 0 heterocycles. The summed E-state index contributed by atoms with van der Waals surface area (Å²) in [5.41, 5.74) is 0. The molecule has 0 aromatic carbocycles. The van der Waals surface area contributed by atoms with E-state index in [0.29, 0.717) is 0 Å². The van der Waals surface area contributed by atoms with Gasteiger partial charge in [-0.05, 0) is 25.2 Å². The van der Waals surface area contributed by atoms with E-state index in [-0.39, 0.29) is 0 Å². The summed E-state index contributed by atoms with van der Waals surface area (Å²) in [6.07, 6.45) is 10.6. The van der Waals surface area contributed by atoms with E-state index < -0.39 is 0 Å². The minimum absolute atomic E-state index is 0.818. The molecule has 1 heteroatoms. The summed E-state index contributed by atoms with van der Waals surface area (Å²) in [7, 11) is 0. The van der Waals surface area contributed by atoms with Crippen LogP contribution >= 0.6 is 0 Å². The van der Waals surface area contributed by atoms with Crippen LogP contribution in [0.4, 0.5) is 0 Å². The van der Waals surface area contributed by atoms with Crippen molar-refractivity contribution in [1.82, 2.24) is 0 Å². The number of hydrogen-bond donors (Lipinski definition) is 0. The van der Waals surface area contributed by atoms with E-state index >= 15 is 0 Å². The zero-order valence-corrected chi connectivity index (χ0v) is 11.1. The molecular weight excluding hydrogens is 184 g/mol. The van der Waals surface area contributed by atoms with Gasteiger partial charge in [-0.3, -0.25) is 0 Å². The molecule has 1 unspecified atom stereocenters. The SMILES string of the molecule is CCCCCC(CCC)COCCCC. The summed E-state index contributed by atoms with van der Waals surface area (Å²) < 4.78 is 5.72. The predicted molar refractivity (Wildman–Crippen MR) is 68.3 cm³/mol. The number of unbranched alkanes of at least 4 members (excludes halogenated alkanes) is 3. The average molecular weight is 214 g/mol. The van der Waals surface area contributed by atoms with Crippen LogP contribution in [0.1, 0.15) is 72.1 Å². The second-order valence-corrected chi connectivity index (χ2v) is 4.58. The van der Waals surface area contributed by atoms with Crippen molar-refractivity contribution in [1.29, 1.82) is 0 Å². The first-order chi connectivity index (χ1) is 7.35. The maximum Gasteiger partial charge on any atom is 0.0494 e. The summed E-state index contributed by atoms with van der Waals surface area (Å²) in [6.45, 7) is 8.72. The molecule has 0 spiro atoms. The Hall–Kier alpha value is -0.0400. The molecule has 0 N–H and O–H groups in total. The van der Waals surface area contributed by atoms with Gasteiger partial charge in [0.25, 0.3) is 0 Å². The average Bonchev–Trinajstić information content (AvgIpc) is 2.24. The van der Waals surface area contributed by atoms with Crippen LogP contribution in [0, 0.1) is 5.92 Å². The molecule has 1 nitrogen and oxygen atoms in total. The van der Waals surface area contributed by atoms with Crippen LogP contribution in [-0.4, -0.2) is 13.2 Å². The van der Waals surface area contributed by atoms with Crippen molar-refractivity contribution in [2.45, 2.75) is 72.1 Å². The second kappa shape index (κ2) is 12.0. The van der Waals surface area contributed by atoms with Gasteiger partial charge in [-0.1, -0.05) is 52.9 Å². The summed E-state index contributed by atoms with van der Waals surface area (Å²) in [4.78, 5) is 0. The van der Waals surface area contributed by atoms with Crippen molar-refractivity contribution in [3.05, 3.63) is 0 Å². The molecule has 0 bridgehead atoms. The van der Waals surface area contributed by atoms with Gasteiger partial charge in [0.15, 0.2) is 0 Å². The molecule has 0 fully saturated rings. The van der Waals surface area contributed by atoms with E-state index in [1.54, 1.807) is 0 Å². The monoisotopic (exact) mass is 214 g/mol. The molecule has 0 saturated heterocycles. The Morgan fingerprint density at radius 3 is 2.13 bits per heavy atom. The largest absolute Gasteiger partial charge is 0.381 e. The van der Waals surface area contributed by atoms with E-state index in [2.05, 4.69) is 20.8 Å². The lowest BCUT2D eigenvalue weighted by molar-refractivity contribution is 0.0896. The molecule has 0 aliphatic rings. The fourth-order valence-electron chi connectivity index (χ4n) is 1.90.